The first-order valence-corrected chi connectivity index (χ1v) is 3.23. The summed E-state index contributed by atoms with van der Waals surface area (Å²) in [4.78, 5) is 0. The van der Waals surface area contributed by atoms with Gasteiger partial charge in [0.05, 0.1) is 0 Å². The van der Waals surface area contributed by atoms with Crippen molar-refractivity contribution in [1.82, 2.24) is 0 Å². The third-order valence-corrected chi connectivity index (χ3v) is 1.37. The van der Waals surface area contributed by atoms with Crippen LogP contribution < -0.4 is 0 Å². The van der Waals surface area contributed by atoms with Crippen molar-refractivity contribution < 1.29 is 0 Å². The molecule has 0 atom stereocenters. The summed E-state index contributed by atoms with van der Waals surface area (Å²) in [5.41, 5.74) is 0.900. The van der Waals surface area contributed by atoms with Crippen molar-refractivity contribution in [3.8, 4) is 0 Å². The zero-order valence-corrected chi connectivity index (χ0v) is 5.68. The molecule has 0 fully saturated rings. The summed E-state index contributed by atoms with van der Waals surface area (Å²) < 4.78 is 0. The summed E-state index contributed by atoms with van der Waals surface area (Å²) in [6, 6.07) is 10.5. The maximum atomic E-state index is 3.77. The minimum Gasteiger partial charge on any atom is -0.133 e. The van der Waals surface area contributed by atoms with Crippen LogP contribution in [0.15, 0.2) is 44.9 Å². The van der Waals surface area contributed by atoms with Crippen LogP contribution >= 0.6 is 0 Å². The van der Waals surface area contributed by atoms with Crippen LogP contribution in [-0.2, 0) is 0 Å². The molecule has 0 saturated carbocycles. The van der Waals surface area contributed by atoms with Crippen LogP contribution in [0.1, 0.15) is 11.7 Å². The number of benzene rings is 1. The first kappa shape index (κ1) is 6.15. The fourth-order valence-electron chi connectivity index (χ4n) is 0.859. The molecule has 2 rings (SSSR count). The summed E-state index contributed by atoms with van der Waals surface area (Å²) in [6.45, 7) is 0. The number of nitrogens with zero attached hydrogens (tertiary/aromatic N) is 4. The van der Waals surface area contributed by atoms with E-state index in [4.69, 9.17) is 0 Å². The molecule has 1 aliphatic heterocycles. The van der Waals surface area contributed by atoms with E-state index in [0.717, 1.165) is 5.56 Å². The van der Waals surface area contributed by atoms with Gasteiger partial charge in [-0.05, 0) is 16.5 Å². The molecular weight excluding hydrogens is 140 g/mol. The first-order valence-electron chi connectivity index (χ1n) is 3.23. The van der Waals surface area contributed by atoms with Crippen molar-refractivity contribution in [2.24, 2.45) is 20.7 Å². The van der Waals surface area contributed by atoms with Crippen molar-refractivity contribution in [3.63, 3.8) is 0 Å². The summed E-state index contributed by atoms with van der Waals surface area (Å²) in [5, 5.41) is 14.3. The Hall–Kier alpha value is -1.58. The summed E-state index contributed by atoms with van der Waals surface area (Å²) in [7, 11) is 0. The molecule has 4 nitrogen and oxygen atoms in total. The van der Waals surface area contributed by atoms with E-state index < -0.39 is 0 Å². The van der Waals surface area contributed by atoms with E-state index in [9.17, 15) is 0 Å². The van der Waals surface area contributed by atoms with Crippen LogP contribution in [0.25, 0.3) is 0 Å². The highest BCUT2D eigenvalue weighted by molar-refractivity contribution is 5.16. The largest absolute Gasteiger partial charge is 0.211 e. The molecule has 1 radical (unpaired) electrons. The molecule has 1 heterocycles. The molecule has 0 unspecified atom stereocenters. The SMILES string of the molecule is [c]1ccccc1C1N=NN=N1. The average Bonchev–Trinajstić information content (AvgIpc) is 2.58. The molecule has 0 aliphatic carbocycles. The maximum Gasteiger partial charge on any atom is 0.211 e. The highest BCUT2D eigenvalue weighted by atomic mass is 15.6. The molecule has 0 amide bonds. The van der Waals surface area contributed by atoms with Crippen LogP contribution in [0, 0.1) is 6.07 Å². The average molecular weight is 145 g/mol. The Kier molecular flexibility index (Phi) is 1.44. The number of hydrogen-bond acceptors (Lipinski definition) is 4. The van der Waals surface area contributed by atoms with Gasteiger partial charge in [0.25, 0.3) is 0 Å². The van der Waals surface area contributed by atoms with Crippen LogP contribution in [0.3, 0.4) is 0 Å². The van der Waals surface area contributed by atoms with E-state index in [1.165, 1.54) is 0 Å². The Balaban J connectivity index is 2.30. The minimum absolute atomic E-state index is 0.267. The number of rotatable bonds is 1. The van der Waals surface area contributed by atoms with E-state index in [2.05, 4.69) is 26.7 Å². The monoisotopic (exact) mass is 145 g/mol. The zero-order valence-electron chi connectivity index (χ0n) is 5.68. The molecular formula is C7H5N4. The van der Waals surface area contributed by atoms with Gasteiger partial charge in [-0.1, -0.05) is 24.3 Å². The predicted molar refractivity (Wildman–Crippen MR) is 37.7 cm³/mol. The topological polar surface area (TPSA) is 49.4 Å². The molecule has 0 bridgehead atoms. The van der Waals surface area contributed by atoms with Gasteiger partial charge >= 0.3 is 0 Å². The fraction of sp³-hybridized carbons (Fsp3) is 0.143. The second-order valence-corrected chi connectivity index (χ2v) is 2.10. The Labute approximate surface area is 63.7 Å². The van der Waals surface area contributed by atoms with E-state index in [-0.39, 0.29) is 6.17 Å². The lowest BCUT2D eigenvalue weighted by molar-refractivity contribution is 0.763. The lowest BCUT2D eigenvalue weighted by Gasteiger charge is -1.97. The second kappa shape index (κ2) is 2.57. The summed E-state index contributed by atoms with van der Waals surface area (Å²) in [5.74, 6) is 0. The van der Waals surface area contributed by atoms with Crippen molar-refractivity contribution >= 4 is 0 Å². The summed E-state index contributed by atoms with van der Waals surface area (Å²) >= 11 is 0. The molecule has 0 spiro atoms. The standard InChI is InChI=1S/C7H5N4/c1-2-4-6(5-3-1)7-8-10-11-9-7/h1-4,7H. The third kappa shape index (κ3) is 1.14. The molecule has 53 valence electrons. The minimum atomic E-state index is -0.267. The van der Waals surface area contributed by atoms with Gasteiger partial charge in [0, 0.05) is 5.56 Å². The van der Waals surface area contributed by atoms with Crippen molar-refractivity contribution in [2.45, 2.75) is 6.17 Å². The van der Waals surface area contributed by atoms with Gasteiger partial charge in [-0.25, -0.2) is 0 Å². The van der Waals surface area contributed by atoms with E-state index >= 15 is 0 Å². The van der Waals surface area contributed by atoms with Gasteiger partial charge in [0.2, 0.25) is 6.17 Å². The third-order valence-electron chi connectivity index (χ3n) is 1.37. The van der Waals surface area contributed by atoms with E-state index in [1.54, 1.807) is 0 Å². The van der Waals surface area contributed by atoms with E-state index in [1.807, 2.05) is 24.3 Å². The quantitative estimate of drug-likeness (QED) is 0.582. The van der Waals surface area contributed by atoms with Gasteiger partial charge in [0.15, 0.2) is 0 Å². The molecule has 4 heteroatoms. The van der Waals surface area contributed by atoms with Gasteiger partial charge in [0.1, 0.15) is 0 Å². The van der Waals surface area contributed by atoms with Crippen molar-refractivity contribution in [3.05, 3.63) is 35.9 Å². The van der Waals surface area contributed by atoms with Gasteiger partial charge in [-0.2, -0.15) is 0 Å². The molecule has 0 N–H and O–H groups in total. The highest BCUT2D eigenvalue weighted by Gasteiger charge is 2.10. The Morgan fingerprint density at radius 1 is 1.18 bits per heavy atom. The lowest BCUT2D eigenvalue weighted by Crippen LogP contribution is -1.86. The fourth-order valence-corrected chi connectivity index (χ4v) is 0.859. The van der Waals surface area contributed by atoms with Crippen molar-refractivity contribution in [1.29, 1.82) is 0 Å². The van der Waals surface area contributed by atoms with Gasteiger partial charge in [-0.15, -0.1) is 10.2 Å². The molecule has 1 aromatic rings. The summed E-state index contributed by atoms with van der Waals surface area (Å²) in [6.07, 6.45) is -0.267. The Morgan fingerprint density at radius 3 is 2.64 bits per heavy atom. The van der Waals surface area contributed by atoms with Gasteiger partial charge in [-0.3, -0.25) is 0 Å². The van der Waals surface area contributed by atoms with Gasteiger partial charge < -0.3 is 0 Å². The Bertz CT molecular complexity index is 279. The van der Waals surface area contributed by atoms with Crippen LogP contribution in [-0.4, -0.2) is 0 Å². The molecule has 0 aromatic heterocycles. The maximum absolute atomic E-state index is 3.77. The van der Waals surface area contributed by atoms with Crippen LogP contribution in [0.5, 0.6) is 0 Å². The van der Waals surface area contributed by atoms with Crippen molar-refractivity contribution in [2.75, 3.05) is 0 Å². The highest BCUT2D eigenvalue weighted by Crippen LogP contribution is 2.22. The van der Waals surface area contributed by atoms with Crippen LogP contribution in [0.4, 0.5) is 0 Å². The second-order valence-electron chi connectivity index (χ2n) is 2.10. The Morgan fingerprint density at radius 2 is 2.00 bits per heavy atom. The normalized spacial score (nSPS) is 16.0. The number of hydrogen-bond donors (Lipinski definition) is 0. The predicted octanol–water partition coefficient (Wildman–Crippen LogP) is 2.32. The smallest absolute Gasteiger partial charge is 0.133 e. The molecule has 1 aliphatic rings. The first-order chi connectivity index (χ1) is 5.47. The van der Waals surface area contributed by atoms with Crippen LogP contribution in [0.2, 0.25) is 0 Å². The zero-order chi connectivity index (χ0) is 7.52. The molecule has 11 heavy (non-hydrogen) atoms. The molecule has 1 aromatic carbocycles. The van der Waals surface area contributed by atoms with E-state index in [0.29, 0.717) is 0 Å². The lowest BCUT2D eigenvalue weighted by atomic mass is 10.2. The molecule has 0 saturated heterocycles.